The van der Waals surface area contributed by atoms with Crippen LogP contribution in [0.1, 0.15) is 36.0 Å². The van der Waals surface area contributed by atoms with Crippen LogP contribution >= 0.6 is 11.6 Å². The van der Waals surface area contributed by atoms with Crippen molar-refractivity contribution < 1.29 is 0 Å². The van der Waals surface area contributed by atoms with E-state index in [0.717, 1.165) is 46.6 Å². The number of aryl methyl sites for hydroxylation is 2. The summed E-state index contributed by atoms with van der Waals surface area (Å²) in [7, 11) is 0. The third-order valence-corrected chi connectivity index (χ3v) is 5.05. The average Bonchev–Trinajstić information content (AvgIpc) is 3.24. The van der Waals surface area contributed by atoms with Gasteiger partial charge in [-0.05, 0) is 48.7 Å². The lowest BCUT2D eigenvalue weighted by atomic mass is 10.2. The third kappa shape index (κ3) is 3.28. The molecule has 4 rings (SSSR count). The molecule has 0 aliphatic carbocycles. The Morgan fingerprint density at radius 1 is 1.18 bits per heavy atom. The van der Waals surface area contributed by atoms with Crippen molar-refractivity contribution in [1.29, 1.82) is 5.26 Å². The Balaban J connectivity index is 1.69. The molecule has 0 saturated carbocycles. The Morgan fingerprint density at radius 2 is 1.96 bits per heavy atom. The van der Waals surface area contributed by atoms with Crippen LogP contribution in [0.15, 0.2) is 48.8 Å². The fourth-order valence-corrected chi connectivity index (χ4v) is 3.64. The fourth-order valence-electron chi connectivity index (χ4n) is 3.44. The quantitative estimate of drug-likeness (QED) is 0.479. The zero-order valence-corrected chi connectivity index (χ0v) is 16.6. The second kappa shape index (κ2) is 7.49. The maximum absolute atomic E-state index is 9.28. The van der Waals surface area contributed by atoms with Crippen LogP contribution < -0.4 is 0 Å². The van der Waals surface area contributed by atoms with Crippen molar-refractivity contribution in [1.82, 2.24) is 19.1 Å². The summed E-state index contributed by atoms with van der Waals surface area (Å²) in [5.74, 6) is 1.06. The van der Waals surface area contributed by atoms with E-state index in [4.69, 9.17) is 16.6 Å². The van der Waals surface area contributed by atoms with Crippen molar-refractivity contribution in [2.24, 2.45) is 0 Å². The maximum atomic E-state index is 9.28. The fraction of sp³-hybridized carbons (Fsp3) is 0.227. The van der Waals surface area contributed by atoms with Crippen molar-refractivity contribution in [3.8, 4) is 11.8 Å². The summed E-state index contributed by atoms with van der Waals surface area (Å²) in [6.45, 7) is 4.94. The van der Waals surface area contributed by atoms with E-state index in [1.165, 1.54) is 0 Å². The first-order chi connectivity index (χ1) is 13.6. The highest BCUT2D eigenvalue weighted by Crippen LogP contribution is 2.22. The molecule has 0 bridgehead atoms. The molecule has 5 nitrogen and oxygen atoms in total. The van der Waals surface area contributed by atoms with Gasteiger partial charge in [-0.25, -0.2) is 9.97 Å². The van der Waals surface area contributed by atoms with E-state index >= 15 is 0 Å². The van der Waals surface area contributed by atoms with Crippen molar-refractivity contribution >= 4 is 22.8 Å². The van der Waals surface area contributed by atoms with Gasteiger partial charge in [0.2, 0.25) is 0 Å². The molecular formula is C22H20ClN5. The first-order valence-electron chi connectivity index (χ1n) is 9.28. The Hall–Kier alpha value is -3.10. The molecule has 0 fully saturated rings. The second-order valence-corrected chi connectivity index (χ2v) is 7.29. The molecule has 6 heteroatoms. The summed E-state index contributed by atoms with van der Waals surface area (Å²) in [5, 5.41) is 9.83. The molecular weight excluding hydrogens is 370 g/mol. The van der Waals surface area contributed by atoms with Gasteiger partial charge in [0, 0.05) is 24.5 Å². The van der Waals surface area contributed by atoms with Gasteiger partial charge < -0.3 is 9.13 Å². The maximum Gasteiger partial charge on any atom is 0.160 e. The van der Waals surface area contributed by atoms with E-state index < -0.39 is 0 Å². The van der Waals surface area contributed by atoms with Crippen LogP contribution in [0.5, 0.6) is 0 Å². The lowest BCUT2D eigenvalue weighted by molar-refractivity contribution is 0.716. The molecule has 0 radical (unpaired) electrons. The summed E-state index contributed by atoms with van der Waals surface area (Å²) in [6.07, 6.45) is 5.55. The number of fused-ring (bicyclic) bond motifs is 1. The van der Waals surface area contributed by atoms with Crippen LogP contribution in [0.25, 0.3) is 16.9 Å². The molecule has 0 amide bonds. The smallest absolute Gasteiger partial charge is 0.160 e. The first kappa shape index (κ1) is 18.3. The molecule has 0 saturated heterocycles. The van der Waals surface area contributed by atoms with Crippen LogP contribution in [0, 0.1) is 18.3 Å². The monoisotopic (exact) mass is 389 g/mol. The molecule has 0 aliphatic heterocycles. The molecule has 0 aliphatic rings. The SMILES string of the molecule is CCCc1nc2c(C)ccnc2n1Cc1ccc(-n2cc(Cl)cc2C#N)cc1. The van der Waals surface area contributed by atoms with Crippen LogP contribution in [-0.2, 0) is 13.0 Å². The van der Waals surface area contributed by atoms with E-state index in [-0.39, 0.29) is 0 Å². The van der Waals surface area contributed by atoms with E-state index in [2.05, 4.69) is 41.6 Å². The van der Waals surface area contributed by atoms with Crippen LogP contribution in [-0.4, -0.2) is 19.1 Å². The third-order valence-electron chi connectivity index (χ3n) is 4.84. The van der Waals surface area contributed by atoms with Crippen molar-refractivity contribution in [3.63, 3.8) is 0 Å². The minimum Gasteiger partial charge on any atom is -0.308 e. The van der Waals surface area contributed by atoms with Gasteiger partial charge in [-0.15, -0.1) is 0 Å². The lowest BCUT2D eigenvalue weighted by Gasteiger charge is -2.10. The zero-order valence-electron chi connectivity index (χ0n) is 15.9. The normalized spacial score (nSPS) is 11.1. The molecule has 3 aromatic heterocycles. The number of nitriles is 1. The van der Waals surface area contributed by atoms with Crippen LogP contribution in [0.3, 0.4) is 0 Å². The number of benzene rings is 1. The number of rotatable bonds is 5. The van der Waals surface area contributed by atoms with Crippen LogP contribution in [0.4, 0.5) is 0 Å². The van der Waals surface area contributed by atoms with Gasteiger partial charge in [-0.1, -0.05) is 30.7 Å². The number of imidazole rings is 1. The minimum absolute atomic E-state index is 0.517. The predicted molar refractivity (Wildman–Crippen MR) is 111 cm³/mol. The summed E-state index contributed by atoms with van der Waals surface area (Å²) in [4.78, 5) is 9.41. The number of pyridine rings is 1. The summed E-state index contributed by atoms with van der Waals surface area (Å²) >= 11 is 6.05. The van der Waals surface area contributed by atoms with Crippen molar-refractivity contribution in [3.05, 3.63) is 76.5 Å². The molecule has 3 heterocycles. The Morgan fingerprint density at radius 3 is 2.68 bits per heavy atom. The minimum atomic E-state index is 0.517. The van der Waals surface area contributed by atoms with Gasteiger partial charge in [-0.3, -0.25) is 0 Å². The van der Waals surface area contributed by atoms with E-state index in [1.54, 1.807) is 16.8 Å². The number of halogens is 1. The molecule has 0 N–H and O–H groups in total. The van der Waals surface area contributed by atoms with E-state index in [9.17, 15) is 5.26 Å². The Bertz CT molecular complexity index is 1180. The molecule has 0 spiro atoms. The largest absolute Gasteiger partial charge is 0.308 e. The topological polar surface area (TPSA) is 59.4 Å². The zero-order chi connectivity index (χ0) is 19.7. The van der Waals surface area contributed by atoms with Gasteiger partial charge in [0.25, 0.3) is 0 Å². The summed E-state index contributed by atoms with van der Waals surface area (Å²) in [6, 6.07) is 14.0. The average molecular weight is 390 g/mol. The number of nitrogens with zero attached hydrogens (tertiary/aromatic N) is 5. The summed E-state index contributed by atoms with van der Waals surface area (Å²) in [5.41, 5.74) is 5.62. The van der Waals surface area contributed by atoms with Gasteiger partial charge in [0.15, 0.2) is 5.65 Å². The summed E-state index contributed by atoms with van der Waals surface area (Å²) < 4.78 is 4.00. The van der Waals surface area contributed by atoms with Crippen molar-refractivity contribution in [2.45, 2.75) is 33.2 Å². The molecule has 4 aromatic rings. The van der Waals surface area contributed by atoms with E-state index in [0.29, 0.717) is 17.3 Å². The first-order valence-corrected chi connectivity index (χ1v) is 9.66. The number of hydrogen-bond donors (Lipinski definition) is 0. The highest BCUT2D eigenvalue weighted by Gasteiger charge is 2.13. The Kier molecular flexibility index (Phi) is 4.89. The highest BCUT2D eigenvalue weighted by atomic mass is 35.5. The standard InChI is InChI=1S/C22H20ClN5/c1-3-4-20-26-21-15(2)9-10-25-22(21)28(20)13-16-5-7-18(8-6-16)27-14-17(23)11-19(27)12-24/h5-11,14H,3-4,13H2,1-2H3. The van der Waals surface area contributed by atoms with Gasteiger partial charge in [-0.2, -0.15) is 5.26 Å². The van der Waals surface area contributed by atoms with E-state index in [1.807, 2.05) is 24.4 Å². The highest BCUT2D eigenvalue weighted by molar-refractivity contribution is 6.30. The van der Waals surface area contributed by atoms with Gasteiger partial charge in [0.05, 0.1) is 11.6 Å². The molecule has 0 unspecified atom stereocenters. The van der Waals surface area contributed by atoms with Gasteiger partial charge in [0.1, 0.15) is 23.1 Å². The molecule has 28 heavy (non-hydrogen) atoms. The predicted octanol–water partition coefficient (Wildman–Crippen LogP) is 5.06. The lowest BCUT2D eigenvalue weighted by Crippen LogP contribution is -2.06. The second-order valence-electron chi connectivity index (χ2n) is 6.86. The molecule has 140 valence electrons. The van der Waals surface area contributed by atoms with Crippen LogP contribution in [0.2, 0.25) is 5.02 Å². The number of hydrogen-bond acceptors (Lipinski definition) is 3. The van der Waals surface area contributed by atoms with Gasteiger partial charge >= 0.3 is 0 Å². The molecule has 0 atom stereocenters. The molecule has 1 aromatic carbocycles. The Labute approximate surface area is 168 Å². The number of aromatic nitrogens is 4. The van der Waals surface area contributed by atoms with Crippen molar-refractivity contribution in [2.75, 3.05) is 0 Å².